The maximum atomic E-state index is 5.79. The second kappa shape index (κ2) is 2.54. The summed E-state index contributed by atoms with van der Waals surface area (Å²) < 4.78 is 5.79. The van der Waals surface area contributed by atoms with Gasteiger partial charge in [0.1, 0.15) is 5.75 Å². The molecule has 0 amide bonds. The van der Waals surface area contributed by atoms with E-state index in [1.165, 1.54) is 5.46 Å². The zero-order valence-electron chi connectivity index (χ0n) is 7.50. The highest BCUT2D eigenvalue weighted by molar-refractivity contribution is 6.55. The zero-order valence-corrected chi connectivity index (χ0v) is 7.50. The van der Waals surface area contributed by atoms with Gasteiger partial charge < -0.3 is 4.74 Å². The van der Waals surface area contributed by atoms with Gasteiger partial charge in [0.25, 0.3) is 0 Å². The predicted octanol–water partition coefficient (Wildman–Crippen LogP) is 1.61. The fourth-order valence-electron chi connectivity index (χ4n) is 1.44. The first-order valence-electron chi connectivity index (χ1n) is 4.29. The molecule has 1 aliphatic rings. The van der Waals surface area contributed by atoms with E-state index < -0.39 is 0 Å². The zero-order chi connectivity index (χ0) is 8.60. The lowest BCUT2D eigenvalue weighted by molar-refractivity contribution is 0.128. The highest BCUT2D eigenvalue weighted by atomic mass is 16.5. The molecule has 61 valence electrons. The summed E-state index contributed by atoms with van der Waals surface area (Å²) in [6.45, 7) is 4.22. The first-order valence-corrected chi connectivity index (χ1v) is 4.29. The Morgan fingerprint density at radius 3 is 2.92 bits per heavy atom. The van der Waals surface area contributed by atoms with Crippen LogP contribution in [0.25, 0.3) is 0 Å². The average molecular weight is 159 g/mol. The third-order valence-electron chi connectivity index (χ3n) is 2.12. The molecular formula is C10H12BO. The molecule has 0 saturated carbocycles. The second-order valence-corrected chi connectivity index (χ2v) is 3.81. The number of para-hydroxylation sites is 1. The molecule has 12 heavy (non-hydrogen) atoms. The molecule has 0 unspecified atom stereocenters. The van der Waals surface area contributed by atoms with Crippen molar-refractivity contribution in [2.75, 3.05) is 0 Å². The first-order chi connectivity index (χ1) is 5.67. The van der Waals surface area contributed by atoms with E-state index >= 15 is 0 Å². The smallest absolute Gasteiger partial charge is 0.161 e. The predicted molar refractivity (Wildman–Crippen MR) is 51.3 cm³/mol. The summed E-state index contributed by atoms with van der Waals surface area (Å²) in [5.74, 6) is 1.01. The lowest BCUT2D eigenvalue weighted by Crippen LogP contribution is -2.39. The molecule has 1 heterocycles. The van der Waals surface area contributed by atoms with Crippen LogP contribution in [-0.2, 0) is 0 Å². The molecule has 0 atom stereocenters. The van der Waals surface area contributed by atoms with Gasteiger partial charge in [0, 0.05) is 0 Å². The Morgan fingerprint density at radius 1 is 1.33 bits per heavy atom. The van der Waals surface area contributed by atoms with Crippen LogP contribution in [0.3, 0.4) is 0 Å². The van der Waals surface area contributed by atoms with Crippen molar-refractivity contribution < 1.29 is 4.74 Å². The third kappa shape index (κ3) is 1.34. The Labute approximate surface area is 74.0 Å². The molecule has 1 aromatic rings. The summed E-state index contributed by atoms with van der Waals surface area (Å²) in [7, 11) is 2.23. The average Bonchev–Trinajstić information content (AvgIpc) is 2.02. The number of ether oxygens (including phenoxy) is 1. The minimum absolute atomic E-state index is 0.0334. The van der Waals surface area contributed by atoms with E-state index in [9.17, 15) is 0 Å². The number of hydrogen-bond acceptors (Lipinski definition) is 1. The van der Waals surface area contributed by atoms with Crippen LogP contribution < -0.4 is 10.2 Å². The van der Waals surface area contributed by atoms with Gasteiger partial charge in [-0.3, -0.25) is 0 Å². The summed E-state index contributed by atoms with van der Waals surface area (Å²) in [5, 5.41) is 0. The van der Waals surface area contributed by atoms with Crippen LogP contribution in [-0.4, -0.2) is 12.9 Å². The molecule has 0 bridgehead atoms. The maximum Gasteiger partial charge on any atom is 0.161 e. The molecule has 0 N–H and O–H groups in total. The molecule has 1 nitrogen and oxygen atoms in total. The Hall–Kier alpha value is -0.915. The standard InChI is InChI=1S/C10H12BO/c1-10(2)7-11-8-5-3-4-6-9(8)12-10/h3-6H,7H2,1-2H3. The molecule has 2 heteroatoms. The van der Waals surface area contributed by atoms with Crippen LogP contribution in [0.15, 0.2) is 24.3 Å². The third-order valence-corrected chi connectivity index (χ3v) is 2.12. The summed E-state index contributed by atoms with van der Waals surface area (Å²) >= 11 is 0. The van der Waals surface area contributed by atoms with Crippen LogP contribution >= 0.6 is 0 Å². The number of benzene rings is 1. The quantitative estimate of drug-likeness (QED) is 0.522. The van der Waals surface area contributed by atoms with Crippen LogP contribution in [0.1, 0.15) is 13.8 Å². The van der Waals surface area contributed by atoms with Crippen molar-refractivity contribution in [1.82, 2.24) is 0 Å². The van der Waals surface area contributed by atoms with Gasteiger partial charge in [-0.05, 0) is 31.7 Å². The first kappa shape index (κ1) is 7.72. The van der Waals surface area contributed by atoms with Crippen molar-refractivity contribution in [2.24, 2.45) is 0 Å². The van der Waals surface area contributed by atoms with Gasteiger partial charge in [-0.1, -0.05) is 18.2 Å². The van der Waals surface area contributed by atoms with Crippen LogP contribution in [0.4, 0.5) is 0 Å². The van der Waals surface area contributed by atoms with E-state index in [0.29, 0.717) is 0 Å². The van der Waals surface area contributed by atoms with Crippen molar-refractivity contribution in [1.29, 1.82) is 0 Å². The Morgan fingerprint density at radius 2 is 2.08 bits per heavy atom. The van der Waals surface area contributed by atoms with Gasteiger partial charge in [-0.25, -0.2) is 0 Å². The second-order valence-electron chi connectivity index (χ2n) is 3.81. The van der Waals surface area contributed by atoms with Gasteiger partial charge in [-0.15, -0.1) is 0 Å². The Balaban J connectivity index is 2.35. The molecule has 1 aromatic carbocycles. The summed E-state index contributed by atoms with van der Waals surface area (Å²) in [5.41, 5.74) is 1.19. The molecule has 0 spiro atoms. The minimum Gasteiger partial charge on any atom is -0.489 e. The van der Waals surface area contributed by atoms with Crippen LogP contribution in [0.5, 0.6) is 5.75 Å². The van der Waals surface area contributed by atoms with E-state index in [1.807, 2.05) is 18.2 Å². The van der Waals surface area contributed by atoms with E-state index in [0.717, 1.165) is 12.1 Å². The molecular weight excluding hydrogens is 147 g/mol. The summed E-state index contributed by atoms with van der Waals surface area (Å²) in [6.07, 6.45) is 0.990. The van der Waals surface area contributed by atoms with Crippen LogP contribution in [0, 0.1) is 0 Å². The lowest BCUT2D eigenvalue weighted by Gasteiger charge is -2.32. The van der Waals surface area contributed by atoms with E-state index in [-0.39, 0.29) is 5.60 Å². The van der Waals surface area contributed by atoms with E-state index in [1.54, 1.807) is 0 Å². The normalized spacial score (nSPS) is 18.8. The van der Waals surface area contributed by atoms with Gasteiger partial charge in [0.05, 0.1) is 5.60 Å². The molecule has 1 radical (unpaired) electrons. The van der Waals surface area contributed by atoms with Gasteiger partial charge in [0.15, 0.2) is 7.28 Å². The van der Waals surface area contributed by atoms with Crippen molar-refractivity contribution in [2.45, 2.75) is 25.8 Å². The van der Waals surface area contributed by atoms with Gasteiger partial charge >= 0.3 is 0 Å². The topological polar surface area (TPSA) is 9.23 Å². The van der Waals surface area contributed by atoms with Crippen molar-refractivity contribution >= 4 is 12.7 Å². The number of hydrogen-bond donors (Lipinski definition) is 0. The van der Waals surface area contributed by atoms with Crippen molar-refractivity contribution in [3.05, 3.63) is 24.3 Å². The highest BCUT2D eigenvalue weighted by Gasteiger charge is 2.26. The Kier molecular flexibility index (Phi) is 1.64. The molecule has 0 fully saturated rings. The number of rotatable bonds is 0. The SMILES string of the molecule is CC1(C)C[B]c2ccccc2O1. The van der Waals surface area contributed by atoms with Crippen molar-refractivity contribution in [3.8, 4) is 5.75 Å². The molecule has 0 aliphatic carbocycles. The largest absolute Gasteiger partial charge is 0.489 e. The fourth-order valence-corrected chi connectivity index (χ4v) is 1.44. The molecule has 2 rings (SSSR count). The van der Waals surface area contributed by atoms with E-state index in [2.05, 4.69) is 27.2 Å². The molecule has 0 aromatic heterocycles. The Bertz CT molecular complexity index is 294. The van der Waals surface area contributed by atoms with Crippen LogP contribution in [0.2, 0.25) is 6.32 Å². The lowest BCUT2D eigenvalue weighted by atomic mass is 9.61. The monoisotopic (exact) mass is 159 g/mol. The number of fused-ring (bicyclic) bond motifs is 1. The van der Waals surface area contributed by atoms with Gasteiger partial charge in [-0.2, -0.15) is 0 Å². The molecule has 0 saturated heterocycles. The summed E-state index contributed by atoms with van der Waals surface area (Å²) in [4.78, 5) is 0. The molecule has 1 aliphatic heterocycles. The van der Waals surface area contributed by atoms with Crippen molar-refractivity contribution in [3.63, 3.8) is 0 Å². The highest BCUT2D eigenvalue weighted by Crippen LogP contribution is 2.23. The van der Waals surface area contributed by atoms with Gasteiger partial charge in [0.2, 0.25) is 0 Å². The van der Waals surface area contributed by atoms with E-state index in [4.69, 9.17) is 4.74 Å². The summed E-state index contributed by atoms with van der Waals surface area (Å²) in [6, 6.07) is 8.16. The maximum absolute atomic E-state index is 5.79. The fraction of sp³-hybridized carbons (Fsp3) is 0.400. The minimum atomic E-state index is -0.0334.